The predicted molar refractivity (Wildman–Crippen MR) is 70.1 cm³/mol. The summed E-state index contributed by atoms with van der Waals surface area (Å²) in [5, 5.41) is 18.2. The Morgan fingerprint density at radius 2 is 2.11 bits per heavy atom. The number of anilines is 1. The van der Waals surface area contributed by atoms with E-state index in [-0.39, 0.29) is 6.10 Å². The molecular formula is C14H19NO3. The summed E-state index contributed by atoms with van der Waals surface area (Å²) < 4.78 is 0. The molecule has 0 spiro atoms. The highest BCUT2D eigenvalue weighted by Gasteiger charge is 2.28. The first-order chi connectivity index (χ1) is 8.47. The van der Waals surface area contributed by atoms with Crippen molar-refractivity contribution >= 4 is 11.7 Å². The summed E-state index contributed by atoms with van der Waals surface area (Å²) in [6, 6.07) is 5.39. The van der Waals surface area contributed by atoms with Crippen molar-refractivity contribution in [1.82, 2.24) is 0 Å². The summed E-state index contributed by atoms with van der Waals surface area (Å²) in [7, 11) is 2.00. The minimum absolute atomic E-state index is 0.125. The van der Waals surface area contributed by atoms with Crippen LogP contribution in [0.3, 0.4) is 0 Å². The molecule has 2 rings (SSSR count). The van der Waals surface area contributed by atoms with Crippen LogP contribution in [0.15, 0.2) is 18.2 Å². The van der Waals surface area contributed by atoms with Crippen molar-refractivity contribution < 1.29 is 15.0 Å². The Labute approximate surface area is 107 Å². The van der Waals surface area contributed by atoms with Gasteiger partial charge in [0, 0.05) is 19.3 Å². The Balaban J connectivity index is 2.04. The van der Waals surface area contributed by atoms with Gasteiger partial charge in [0.25, 0.3) is 0 Å². The third-order valence-corrected chi connectivity index (χ3v) is 3.62. The first-order valence-corrected chi connectivity index (χ1v) is 6.20. The summed E-state index contributed by atoms with van der Waals surface area (Å²) in [4.78, 5) is 13.1. The van der Waals surface area contributed by atoms with Crippen molar-refractivity contribution in [2.75, 3.05) is 18.5 Å². The highest BCUT2D eigenvalue weighted by molar-refractivity contribution is 5.89. The fraction of sp³-hybridized carbons (Fsp3) is 0.500. The zero-order valence-electron chi connectivity index (χ0n) is 10.8. The molecule has 0 heterocycles. The molecule has 2 N–H and O–H groups in total. The van der Waals surface area contributed by atoms with Gasteiger partial charge >= 0.3 is 5.97 Å². The zero-order chi connectivity index (χ0) is 13.3. The maximum atomic E-state index is 10.9. The molecule has 0 atom stereocenters. The molecule has 4 nitrogen and oxygen atoms in total. The van der Waals surface area contributed by atoms with Crippen LogP contribution in [0.5, 0.6) is 0 Å². The Morgan fingerprint density at radius 3 is 2.61 bits per heavy atom. The maximum absolute atomic E-state index is 10.9. The minimum Gasteiger partial charge on any atom is -0.478 e. The highest BCUT2D eigenvalue weighted by atomic mass is 16.4. The van der Waals surface area contributed by atoms with Gasteiger partial charge in [0.15, 0.2) is 0 Å². The van der Waals surface area contributed by atoms with E-state index in [1.807, 2.05) is 26.1 Å². The van der Waals surface area contributed by atoms with E-state index in [4.69, 9.17) is 5.11 Å². The molecule has 0 bridgehead atoms. The van der Waals surface area contributed by atoms with Gasteiger partial charge in [-0.3, -0.25) is 0 Å². The first kappa shape index (κ1) is 12.9. The summed E-state index contributed by atoms with van der Waals surface area (Å²) in [5.74, 6) is -0.340. The molecule has 1 fully saturated rings. The van der Waals surface area contributed by atoms with E-state index in [2.05, 4.69) is 4.90 Å². The van der Waals surface area contributed by atoms with Gasteiger partial charge in [-0.1, -0.05) is 0 Å². The van der Waals surface area contributed by atoms with E-state index < -0.39 is 5.97 Å². The summed E-state index contributed by atoms with van der Waals surface area (Å²) >= 11 is 0. The molecule has 1 aliphatic carbocycles. The maximum Gasteiger partial charge on any atom is 0.335 e. The monoisotopic (exact) mass is 249 g/mol. The Bertz CT molecular complexity index is 452. The standard InChI is InChI=1S/C14H19NO3/c1-9-5-11(3-4-13(9)14(17)18)15(2)8-10-6-12(16)7-10/h3-5,10,12,16H,6-8H2,1-2H3,(H,17,18). The quantitative estimate of drug-likeness (QED) is 0.855. The number of carboxylic acid groups (broad SMARTS) is 1. The second kappa shape index (κ2) is 4.98. The molecule has 0 radical (unpaired) electrons. The number of nitrogens with zero attached hydrogens (tertiary/aromatic N) is 1. The van der Waals surface area contributed by atoms with E-state index in [9.17, 15) is 9.90 Å². The normalized spacial score (nSPS) is 22.4. The largest absolute Gasteiger partial charge is 0.478 e. The van der Waals surface area contributed by atoms with Crippen LogP contribution in [0.25, 0.3) is 0 Å². The number of aryl methyl sites for hydroxylation is 1. The molecule has 0 aliphatic heterocycles. The molecule has 0 aromatic heterocycles. The zero-order valence-corrected chi connectivity index (χ0v) is 10.8. The Kier molecular flexibility index (Phi) is 3.57. The molecule has 1 aromatic carbocycles. The number of rotatable bonds is 4. The molecule has 1 aliphatic rings. The van der Waals surface area contributed by atoms with E-state index in [0.29, 0.717) is 11.5 Å². The number of aliphatic hydroxyl groups is 1. The number of carbonyl (C=O) groups is 1. The average Bonchev–Trinajstić information content (AvgIpc) is 2.26. The first-order valence-electron chi connectivity index (χ1n) is 6.20. The van der Waals surface area contributed by atoms with Gasteiger partial charge in [0.1, 0.15) is 0 Å². The number of benzene rings is 1. The molecule has 0 unspecified atom stereocenters. The van der Waals surface area contributed by atoms with Crippen LogP contribution >= 0.6 is 0 Å². The fourth-order valence-electron chi connectivity index (χ4n) is 2.47. The topological polar surface area (TPSA) is 60.8 Å². The number of aromatic carboxylic acids is 1. The smallest absolute Gasteiger partial charge is 0.335 e. The van der Waals surface area contributed by atoms with Crippen LogP contribution < -0.4 is 4.90 Å². The van der Waals surface area contributed by atoms with Crippen molar-refractivity contribution in [3.63, 3.8) is 0 Å². The van der Waals surface area contributed by atoms with Crippen molar-refractivity contribution in [2.24, 2.45) is 5.92 Å². The molecule has 18 heavy (non-hydrogen) atoms. The van der Waals surface area contributed by atoms with Gasteiger partial charge in [-0.2, -0.15) is 0 Å². The molecule has 0 amide bonds. The molecule has 1 saturated carbocycles. The van der Waals surface area contributed by atoms with Crippen LogP contribution in [0.4, 0.5) is 5.69 Å². The van der Waals surface area contributed by atoms with Crippen molar-refractivity contribution in [1.29, 1.82) is 0 Å². The fourth-order valence-corrected chi connectivity index (χ4v) is 2.47. The second-order valence-electron chi connectivity index (χ2n) is 5.18. The van der Waals surface area contributed by atoms with Crippen LogP contribution in [0.2, 0.25) is 0 Å². The van der Waals surface area contributed by atoms with E-state index in [0.717, 1.165) is 30.6 Å². The second-order valence-corrected chi connectivity index (χ2v) is 5.18. The third-order valence-electron chi connectivity index (χ3n) is 3.62. The Morgan fingerprint density at radius 1 is 1.44 bits per heavy atom. The van der Waals surface area contributed by atoms with Crippen LogP contribution in [-0.4, -0.2) is 35.9 Å². The van der Waals surface area contributed by atoms with Crippen LogP contribution in [0, 0.1) is 12.8 Å². The number of hydrogen-bond donors (Lipinski definition) is 2. The number of aliphatic hydroxyl groups excluding tert-OH is 1. The molecule has 0 saturated heterocycles. The van der Waals surface area contributed by atoms with Gasteiger partial charge in [-0.25, -0.2) is 4.79 Å². The Hall–Kier alpha value is -1.55. The van der Waals surface area contributed by atoms with Gasteiger partial charge < -0.3 is 15.1 Å². The van der Waals surface area contributed by atoms with Crippen molar-refractivity contribution in [3.8, 4) is 0 Å². The molecular weight excluding hydrogens is 230 g/mol. The van der Waals surface area contributed by atoms with Gasteiger partial charge in [-0.15, -0.1) is 0 Å². The summed E-state index contributed by atoms with van der Waals surface area (Å²) in [6.07, 6.45) is 1.62. The third kappa shape index (κ3) is 2.64. The average molecular weight is 249 g/mol. The molecule has 98 valence electrons. The number of carboxylic acids is 1. The molecule has 1 aromatic rings. The van der Waals surface area contributed by atoms with Crippen LogP contribution in [-0.2, 0) is 0 Å². The predicted octanol–water partition coefficient (Wildman–Crippen LogP) is 1.90. The van der Waals surface area contributed by atoms with Crippen molar-refractivity contribution in [2.45, 2.75) is 25.9 Å². The van der Waals surface area contributed by atoms with Gasteiger partial charge in [0.05, 0.1) is 11.7 Å². The lowest BCUT2D eigenvalue weighted by Crippen LogP contribution is -2.37. The van der Waals surface area contributed by atoms with E-state index in [1.54, 1.807) is 6.07 Å². The minimum atomic E-state index is -0.885. The lowest BCUT2D eigenvalue weighted by Gasteiger charge is -2.35. The van der Waals surface area contributed by atoms with E-state index in [1.165, 1.54) is 0 Å². The van der Waals surface area contributed by atoms with E-state index >= 15 is 0 Å². The highest BCUT2D eigenvalue weighted by Crippen LogP contribution is 2.29. The summed E-state index contributed by atoms with van der Waals surface area (Å²) in [5.41, 5.74) is 2.16. The van der Waals surface area contributed by atoms with Gasteiger partial charge in [0.2, 0.25) is 0 Å². The van der Waals surface area contributed by atoms with Gasteiger partial charge in [-0.05, 0) is 49.4 Å². The van der Waals surface area contributed by atoms with Crippen molar-refractivity contribution in [3.05, 3.63) is 29.3 Å². The SMILES string of the molecule is Cc1cc(N(C)CC2CC(O)C2)ccc1C(=O)O. The van der Waals surface area contributed by atoms with Crippen LogP contribution in [0.1, 0.15) is 28.8 Å². The number of hydrogen-bond acceptors (Lipinski definition) is 3. The lowest BCUT2D eigenvalue weighted by atomic mass is 9.82. The lowest BCUT2D eigenvalue weighted by molar-refractivity contribution is 0.0464. The summed E-state index contributed by atoms with van der Waals surface area (Å²) in [6.45, 7) is 2.72. The molecule has 4 heteroatoms.